The molecule has 5 nitrogen and oxygen atoms in total. The van der Waals surface area contributed by atoms with E-state index in [0.29, 0.717) is 5.69 Å². The first-order chi connectivity index (χ1) is 9.28. The van der Waals surface area contributed by atoms with Gasteiger partial charge < -0.3 is 4.74 Å². The number of benzene rings is 1. The molecule has 2 aromatic rings. The number of hydrogen-bond acceptors (Lipinski definition) is 4. The van der Waals surface area contributed by atoms with Crippen LogP contribution in [0.25, 0.3) is 0 Å². The van der Waals surface area contributed by atoms with Crippen LogP contribution in [-0.4, -0.2) is 24.7 Å². The van der Waals surface area contributed by atoms with E-state index in [9.17, 15) is 12.8 Å². The SMILES string of the molecule is COc1ccc(F)cc1S(=O)(=O)n1nc(C)c(Cl)c1C. The second-order valence-corrected chi connectivity index (χ2v) is 6.24. The minimum Gasteiger partial charge on any atom is -0.495 e. The van der Waals surface area contributed by atoms with E-state index in [0.717, 1.165) is 16.2 Å². The van der Waals surface area contributed by atoms with Crippen LogP contribution in [0.3, 0.4) is 0 Å². The quantitative estimate of drug-likeness (QED) is 0.872. The zero-order chi connectivity index (χ0) is 15.1. The van der Waals surface area contributed by atoms with Crippen LogP contribution in [0.1, 0.15) is 11.4 Å². The van der Waals surface area contributed by atoms with Crippen LogP contribution in [-0.2, 0) is 10.0 Å². The van der Waals surface area contributed by atoms with Gasteiger partial charge in [0.1, 0.15) is 16.5 Å². The molecule has 0 aliphatic carbocycles. The average molecular weight is 319 g/mol. The molecule has 0 unspecified atom stereocenters. The van der Waals surface area contributed by atoms with Crippen LogP contribution in [0.15, 0.2) is 23.1 Å². The van der Waals surface area contributed by atoms with Crippen molar-refractivity contribution in [1.29, 1.82) is 0 Å². The first-order valence-corrected chi connectivity index (χ1v) is 7.41. The molecule has 0 radical (unpaired) electrons. The lowest BCUT2D eigenvalue weighted by molar-refractivity contribution is 0.400. The fourth-order valence-corrected chi connectivity index (χ4v) is 3.48. The number of ether oxygens (including phenoxy) is 1. The second kappa shape index (κ2) is 5.06. The predicted octanol–water partition coefficient (Wildman–Crippen LogP) is 2.54. The number of aryl methyl sites for hydroxylation is 1. The van der Waals surface area contributed by atoms with E-state index < -0.39 is 15.8 Å². The summed E-state index contributed by atoms with van der Waals surface area (Å²) in [6, 6.07) is 3.25. The molecular formula is C12H12ClFN2O3S. The van der Waals surface area contributed by atoms with Crippen molar-refractivity contribution in [3.63, 3.8) is 0 Å². The van der Waals surface area contributed by atoms with Crippen LogP contribution in [0.4, 0.5) is 4.39 Å². The molecule has 0 N–H and O–H groups in total. The normalized spacial score (nSPS) is 11.7. The molecular weight excluding hydrogens is 307 g/mol. The first-order valence-electron chi connectivity index (χ1n) is 5.60. The van der Waals surface area contributed by atoms with Crippen LogP contribution in [0.5, 0.6) is 5.75 Å². The molecule has 20 heavy (non-hydrogen) atoms. The fourth-order valence-electron chi connectivity index (χ4n) is 1.78. The highest BCUT2D eigenvalue weighted by Gasteiger charge is 2.26. The maximum Gasteiger partial charge on any atom is 0.287 e. The molecule has 0 aliphatic rings. The molecule has 0 bridgehead atoms. The molecule has 0 fully saturated rings. The predicted molar refractivity (Wildman–Crippen MR) is 72.2 cm³/mol. The van der Waals surface area contributed by atoms with Gasteiger partial charge in [-0.2, -0.15) is 17.6 Å². The van der Waals surface area contributed by atoms with Gasteiger partial charge in [0.2, 0.25) is 0 Å². The Labute approximate surface area is 121 Å². The van der Waals surface area contributed by atoms with Gasteiger partial charge >= 0.3 is 0 Å². The molecule has 0 saturated carbocycles. The molecule has 0 atom stereocenters. The van der Waals surface area contributed by atoms with E-state index in [1.54, 1.807) is 6.92 Å². The molecule has 108 valence electrons. The number of methoxy groups -OCH3 is 1. The lowest BCUT2D eigenvalue weighted by Gasteiger charge is -2.10. The standard InChI is InChI=1S/C12H12ClFN2O3S/c1-7-12(13)8(2)16(15-7)20(17,18)11-6-9(14)4-5-10(11)19-3/h4-6H,1-3H3. The molecule has 0 saturated heterocycles. The van der Waals surface area contributed by atoms with Crippen LogP contribution >= 0.6 is 11.6 Å². The molecule has 1 aromatic heterocycles. The zero-order valence-corrected chi connectivity index (χ0v) is 12.6. The first kappa shape index (κ1) is 14.8. The third-order valence-corrected chi connectivity index (χ3v) is 5.03. The van der Waals surface area contributed by atoms with Gasteiger partial charge in [-0.3, -0.25) is 0 Å². The summed E-state index contributed by atoms with van der Waals surface area (Å²) in [5.74, 6) is -0.646. The van der Waals surface area contributed by atoms with Gasteiger partial charge in [0.05, 0.1) is 23.5 Å². The van der Waals surface area contributed by atoms with E-state index in [1.807, 2.05) is 0 Å². The molecule has 1 heterocycles. The van der Waals surface area contributed by atoms with Crippen molar-refractivity contribution in [3.05, 3.63) is 40.4 Å². The van der Waals surface area contributed by atoms with E-state index >= 15 is 0 Å². The minimum atomic E-state index is -4.08. The van der Waals surface area contributed by atoms with Gasteiger partial charge in [-0.1, -0.05) is 11.6 Å². The van der Waals surface area contributed by atoms with Crippen LogP contribution in [0.2, 0.25) is 5.02 Å². The van der Waals surface area contributed by atoms with Crippen LogP contribution in [0, 0.1) is 19.7 Å². The van der Waals surface area contributed by atoms with Gasteiger partial charge in [-0.15, -0.1) is 0 Å². The summed E-state index contributed by atoms with van der Waals surface area (Å²) < 4.78 is 44.2. The van der Waals surface area contributed by atoms with Crippen molar-refractivity contribution in [2.45, 2.75) is 18.7 Å². The monoisotopic (exact) mass is 318 g/mol. The highest BCUT2D eigenvalue weighted by molar-refractivity contribution is 7.90. The maximum atomic E-state index is 13.3. The van der Waals surface area contributed by atoms with E-state index in [-0.39, 0.29) is 21.4 Å². The Balaban J connectivity index is 2.73. The lowest BCUT2D eigenvalue weighted by atomic mass is 10.3. The van der Waals surface area contributed by atoms with Crippen molar-refractivity contribution in [2.24, 2.45) is 0 Å². The summed E-state index contributed by atoms with van der Waals surface area (Å²) >= 11 is 5.94. The Morgan fingerprint density at radius 2 is 2.00 bits per heavy atom. The third kappa shape index (κ3) is 2.27. The van der Waals surface area contributed by atoms with E-state index in [4.69, 9.17) is 16.3 Å². The molecule has 2 rings (SSSR count). The average Bonchev–Trinajstić information content (AvgIpc) is 2.67. The highest BCUT2D eigenvalue weighted by Crippen LogP contribution is 2.29. The lowest BCUT2D eigenvalue weighted by Crippen LogP contribution is -2.17. The fraction of sp³-hybridized carbons (Fsp3) is 0.250. The smallest absolute Gasteiger partial charge is 0.287 e. The summed E-state index contributed by atoms with van der Waals surface area (Å²) in [4.78, 5) is -0.303. The van der Waals surface area contributed by atoms with Crippen LogP contribution < -0.4 is 4.74 Å². The summed E-state index contributed by atoms with van der Waals surface area (Å²) in [6.07, 6.45) is 0. The van der Waals surface area contributed by atoms with Gasteiger partial charge in [0.15, 0.2) is 0 Å². The topological polar surface area (TPSA) is 61.2 Å². The van der Waals surface area contributed by atoms with E-state index in [2.05, 4.69) is 5.10 Å². The van der Waals surface area contributed by atoms with Gasteiger partial charge in [-0.05, 0) is 32.0 Å². The minimum absolute atomic E-state index is 0.0371. The number of rotatable bonds is 3. The highest BCUT2D eigenvalue weighted by atomic mass is 35.5. The number of nitrogens with zero attached hydrogens (tertiary/aromatic N) is 2. The Bertz CT molecular complexity index is 771. The summed E-state index contributed by atoms with van der Waals surface area (Å²) in [7, 11) is -2.77. The van der Waals surface area contributed by atoms with Crippen molar-refractivity contribution < 1.29 is 17.5 Å². The molecule has 0 spiro atoms. The van der Waals surface area contributed by atoms with Crippen molar-refractivity contribution in [3.8, 4) is 5.75 Å². The Hall–Kier alpha value is -1.60. The number of aromatic nitrogens is 2. The van der Waals surface area contributed by atoms with Crippen molar-refractivity contribution in [1.82, 2.24) is 9.19 Å². The summed E-state index contributed by atoms with van der Waals surface area (Å²) in [5.41, 5.74) is 0.638. The Kier molecular flexibility index (Phi) is 3.75. The second-order valence-electron chi connectivity index (χ2n) is 4.13. The van der Waals surface area contributed by atoms with Crippen molar-refractivity contribution in [2.75, 3.05) is 7.11 Å². The Morgan fingerprint density at radius 1 is 1.35 bits per heavy atom. The third-order valence-electron chi connectivity index (χ3n) is 2.79. The summed E-state index contributed by atoms with van der Waals surface area (Å²) in [5, 5.41) is 4.14. The molecule has 1 aromatic carbocycles. The largest absolute Gasteiger partial charge is 0.495 e. The molecule has 8 heteroatoms. The van der Waals surface area contributed by atoms with Gasteiger partial charge in [0, 0.05) is 0 Å². The van der Waals surface area contributed by atoms with E-state index in [1.165, 1.54) is 20.1 Å². The number of halogens is 2. The maximum absolute atomic E-state index is 13.3. The molecule has 0 aliphatic heterocycles. The van der Waals surface area contributed by atoms with Gasteiger partial charge in [0.25, 0.3) is 10.0 Å². The zero-order valence-electron chi connectivity index (χ0n) is 11.0. The number of hydrogen-bond donors (Lipinski definition) is 0. The summed E-state index contributed by atoms with van der Waals surface area (Å²) in [6.45, 7) is 3.11. The van der Waals surface area contributed by atoms with Gasteiger partial charge in [-0.25, -0.2) is 4.39 Å². The van der Waals surface area contributed by atoms with Crippen molar-refractivity contribution >= 4 is 21.6 Å². The molecule has 0 amide bonds. The Morgan fingerprint density at radius 3 is 2.50 bits per heavy atom.